The van der Waals surface area contributed by atoms with E-state index in [0.29, 0.717) is 15.0 Å². The summed E-state index contributed by atoms with van der Waals surface area (Å²) in [6.45, 7) is 8.44. The molecule has 4 nitrogen and oxygen atoms in total. The minimum atomic E-state index is 0.00215. The molecule has 6 heteroatoms. The molecule has 1 aromatic heterocycles. The molecule has 1 saturated carbocycles. The highest BCUT2D eigenvalue weighted by atomic mass is 79.9. The molecule has 1 amide bonds. The first kappa shape index (κ1) is 13.9. The van der Waals surface area contributed by atoms with Crippen LogP contribution in [0.15, 0.2) is 15.4 Å². The third-order valence-corrected chi connectivity index (χ3v) is 5.16. The van der Waals surface area contributed by atoms with E-state index in [1.54, 1.807) is 6.20 Å². The van der Waals surface area contributed by atoms with E-state index < -0.39 is 0 Å². The van der Waals surface area contributed by atoms with E-state index in [-0.39, 0.29) is 22.7 Å². The number of anilines is 1. The van der Waals surface area contributed by atoms with Gasteiger partial charge in [0.15, 0.2) is 5.82 Å². The number of hydrogen-bond acceptors (Lipinski definition) is 3. The highest BCUT2D eigenvalue weighted by molar-refractivity contribution is 9.11. The lowest BCUT2D eigenvalue weighted by atomic mass is 10.0. The second-order valence-corrected chi connectivity index (χ2v) is 7.26. The van der Waals surface area contributed by atoms with Crippen LogP contribution in [-0.2, 0) is 4.79 Å². The Kier molecular flexibility index (Phi) is 3.30. The Labute approximate surface area is 123 Å². The van der Waals surface area contributed by atoms with Gasteiger partial charge in [-0.05, 0) is 42.7 Å². The van der Waals surface area contributed by atoms with Gasteiger partial charge in [0.2, 0.25) is 5.91 Å². The van der Waals surface area contributed by atoms with E-state index in [1.165, 1.54) is 0 Å². The fraction of sp³-hybridized carbons (Fsp3) is 0.583. The zero-order valence-electron chi connectivity index (χ0n) is 10.7. The molecule has 0 saturated heterocycles. The van der Waals surface area contributed by atoms with E-state index in [2.05, 4.69) is 74.8 Å². The molecule has 0 radical (unpaired) electrons. The third kappa shape index (κ3) is 2.09. The van der Waals surface area contributed by atoms with Crippen molar-refractivity contribution in [1.29, 1.82) is 0 Å². The van der Waals surface area contributed by atoms with Crippen LogP contribution in [0.1, 0.15) is 27.7 Å². The maximum absolute atomic E-state index is 12.2. The maximum atomic E-state index is 12.2. The SMILES string of the molecule is CC1(C)C(C(=O)Nc2ncc(Br)nc2Br)C1(C)C. The molecule has 1 fully saturated rings. The van der Waals surface area contributed by atoms with Crippen molar-refractivity contribution in [3.63, 3.8) is 0 Å². The molecule has 0 unspecified atom stereocenters. The third-order valence-electron chi connectivity index (χ3n) is 4.23. The molecule has 1 N–H and O–H groups in total. The second-order valence-electron chi connectivity index (χ2n) is 5.70. The molecular weight excluding hydrogens is 362 g/mol. The van der Waals surface area contributed by atoms with Crippen LogP contribution in [0.5, 0.6) is 0 Å². The highest BCUT2D eigenvalue weighted by Gasteiger charge is 2.68. The second kappa shape index (κ2) is 4.27. The van der Waals surface area contributed by atoms with Gasteiger partial charge in [-0.15, -0.1) is 0 Å². The first-order chi connectivity index (χ1) is 8.18. The van der Waals surface area contributed by atoms with Gasteiger partial charge >= 0.3 is 0 Å². The van der Waals surface area contributed by atoms with E-state index in [0.717, 1.165) is 0 Å². The van der Waals surface area contributed by atoms with Crippen LogP contribution in [-0.4, -0.2) is 15.9 Å². The Morgan fingerprint density at radius 3 is 2.28 bits per heavy atom. The van der Waals surface area contributed by atoms with Gasteiger partial charge in [-0.1, -0.05) is 27.7 Å². The van der Waals surface area contributed by atoms with Gasteiger partial charge in [0.05, 0.1) is 6.20 Å². The molecule has 1 aliphatic carbocycles. The van der Waals surface area contributed by atoms with Crippen molar-refractivity contribution < 1.29 is 4.79 Å². The number of nitrogens with one attached hydrogen (secondary N) is 1. The lowest BCUT2D eigenvalue weighted by molar-refractivity contribution is -0.118. The van der Waals surface area contributed by atoms with Gasteiger partial charge < -0.3 is 5.32 Å². The molecule has 0 atom stereocenters. The summed E-state index contributed by atoms with van der Waals surface area (Å²) >= 11 is 6.51. The Balaban J connectivity index is 2.14. The van der Waals surface area contributed by atoms with Crippen LogP contribution in [0, 0.1) is 16.7 Å². The monoisotopic (exact) mass is 375 g/mol. The van der Waals surface area contributed by atoms with Crippen LogP contribution in [0.25, 0.3) is 0 Å². The zero-order chi connectivity index (χ0) is 13.7. The van der Waals surface area contributed by atoms with E-state index >= 15 is 0 Å². The van der Waals surface area contributed by atoms with E-state index in [1.807, 2.05) is 0 Å². The normalized spacial score (nSPS) is 20.6. The molecule has 0 spiro atoms. The predicted octanol–water partition coefficient (Wildman–Crippen LogP) is 3.62. The minimum Gasteiger partial charge on any atom is -0.308 e. The number of aromatic nitrogens is 2. The summed E-state index contributed by atoms with van der Waals surface area (Å²) in [4.78, 5) is 20.5. The Morgan fingerprint density at radius 1 is 1.28 bits per heavy atom. The van der Waals surface area contributed by atoms with Crippen molar-refractivity contribution in [2.45, 2.75) is 27.7 Å². The van der Waals surface area contributed by atoms with E-state index in [9.17, 15) is 4.79 Å². The number of rotatable bonds is 2. The smallest absolute Gasteiger partial charge is 0.229 e. The van der Waals surface area contributed by atoms with Crippen LogP contribution >= 0.6 is 31.9 Å². The van der Waals surface area contributed by atoms with Gasteiger partial charge in [0, 0.05) is 5.92 Å². The molecule has 1 aromatic rings. The first-order valence-corrected chi connectivity index (χ1v) is 7.25. The lowest BCUT2D eigenvalue weighted by Crippen LogP contribution is -2.19. The maximum Gasteiger partial charge on any atom is 0.229 e. The largest absolute Gasteiger partial charge is 0.308 e. The topological polar surface area (TPSA) is 54.9 Å². The Bertz CT molecular complexity index is 500. The van der Waals surface area contributed by atoms with Crippen molar-refractivity contribution in [3.8, 4) is 0 Å². The molecule has 0 bridgehead atoms. The van der Waals surface area contributed by atoms with Crippen molar-refractivity contribution >= 4 is 43.6 Å². The number of carbonyl (C=O) groups excluding carboxylic acids is 1. The molecule has 18 heavy (non-hydrogen) atoms. The van der Waals surface area contributed by atoms with Gasteiger partial charge in [-0.2, -0.15) is 0 Å². The molecule has 2 rings (SSSR count). The summed E-state index contributed by atoms with van der Waals surface area (Å²) in [5, 5.41) is 2.83. The molecule has 0 aliphatic heterocycles. The predicted molar refractivity (Wildman–Crippen MR) is 77.1 cm³/mol. The van der Waals surface area contributed by atoms with Crippen molar-refractivity contribution in [2.75, 3.05) is 5.32 Å². The summed E-state index contributed by atoms with van der Waals surface area (Å²) in [7, 11) is 0. The van der Waals surface area contributed by atoms with Crippen molar-refractivity contribution in [1.82, 2.24) is 9.97 Å². The van der Waals surface area contributed by atoms with Gasteiger partial charge in [0.25, 0.3) is 0 Å². The molecule has 98 valence electrons. The minimum absolute atomic E-state index is 0.00215. The number of carbonyl (C=O) groups is 1. The van der Waals surface area contributed by atoms with Crippen LogP contribution in [0.2, 0.25) is 0 Å². The Morgan fingerprint density at radius 2 is 1.83 bits per heavy atom. The molecule has 1 aliphatic rings. The summed E-state index contributed by atoms with van der Waals surface area (Å²) in [6, 6.07) is 0. The Hall–Kier alpha value is -0.490. The molecule has 0 aromatic carbocycles. The summed E-state index contributed by atoms with van der Waals surface area (Å²) in [5.74, 6) is 0.464. The molecular formula is C12H15Br2N3O. The van der Waals surface area contributed by atoms with Gasteiger partial charge in [-0.25, -0.2) is 9.97 Å². The summed E-state index contributed by atoms with van der Waals surface area (Å²) in [5.41, 5.74) is 0.0404. The lowest BCUT2D eigenvalue weighted by Gasteiger charge is -2.07. The fourth-order valence-corrected chi connectivity index (χ4v) is 3.38. The highest BCUT2D eigenvalue weighted by Crippen LogP contribution is 2.68. The van der Waals surface area contributed by atoms with Gasteiger partial charge in [-0.3, -0.25) is 4.79 Å². The van der Waals surface area contributed by atoms with Crippen LogP contribution < -0.4 is 5.32 Å². The average Bonchev–Trinajstić information content (AvgIpc) is 2.62. The summed E-state index contributed by atoms with van der Waals surface area (Å²) in [6.07, 6.45) is 1.56. The quantitative estimate of drug-likeness (QED) is 0.857. The van der Waals surface area contributed by atoms with Crippen LogP contribution in [0.3, 0.4) is 0 Å². The first-order valence-electron chi connectivity index (χ1n) is 5.67. The average molecular weight is 377 g/mol. The summed E-state index contributed by atoms with van der Waals surface area (Å²) < 4.78 is 1.15. The molecule has 1 heterocycles. The fourth-order valence-electron chi connectivity index (χ4n) is 2.47. The number of nitrogens with zero attached hydrogens (tertiary/aromatic N) is 2. The standard InChI is InChI=1S/C12H15Br2N3O/c1-11(2)7(12(11,3)4)10(18)17-9-8(14)16-6(13)5-15-9/h5,7H,1-4H3,(H,15,17,18). The zero-order valence-corrected chi connectivity index (χ0v) is 13.9. The van der Waals surface area contributed by atoms with Crippen molar-refractivity contribution in [2.24, 2.45) is 16.7 Å². The van der Waals surface area contributed by atoms with E-state index in [4.69, 9.17) is 0 Å². The number of halogens is 2. The number of amides is 1. The van der Waals surface area contributed by atoms with Gasteiger partial charge in [0.1, 0.15) is 9.21 Å². The van der Waals surface area contributed by atoms with Crippen molar-refractivity contribution in [3.05, 3.63) is 15.4 Å². The number of hydrogen-bond donors (Lipinski definition) is 1. The van der Waals surface area contributed by atoms with Crippen LogP contribution in [0.4, 0.5) is 5.82 Å².